The summed E-state index contributed by atoms with van der Waals surface area (Å²) in [5, 5.41) is 5.00. The Labute approximate surface area is 157 Å². The minimum atomic E-state index is -0.302. The summed E-state index contributed by atoms with van der Waals surface area (Å²) in [6, 6.07) is 0.925. The lowest BCUT2D eigenvalue weighted by Crippen LogP contribution is -2.44. The molecule has 25 heavy (non-hydrogen) atoms. The lowest BCUT2D eigenvalue weighted by atomic mass is 10.0. The predicted molar refractivity (Wildman–Crippen MR) is 99.6 cm³/mol. The zero-order valence-corrected chi connectivity index (χ0v) is 16.2. The van der Waals surface area contributed by atoms with Crippen LogP contribution in [-0.2, 0) is 18.0 Å². The number of hydrogen-bond donors (Lipinski definition) is 1. The molecule has 1 N–H and O–H groups in total. The Morgan fingerprint density at radius 1 is 1.36 bits per heavy atom. The molecule has 2 aromatic rings. The maximum atomic E-state index is 15.1. The highest BCUT2D eigenvalue weighted by atomic mass is 79.9. The number of piperazine rings is 1. The van der Waals surface area contributed by atoms with Gasteiger partial charge in [-0.1, -0.05) is 18.7 Å². The molecule has 4 heterocycles. The van der Waals surface area contributed by atoms with Crippen molar-refractivity contribution in [1.82, 2.24) is 15.3 Å². The molecule has 3 aliphatic heterocycles. The van der Waals surface area contributed by atoms with Crippen LogP contribution < -0.4 is 10.2 Å². The number of aromatic nitrogens is 2. The van der Waals surface area contributed by atoms with Gasteiger partial charge in [0.15, 0.2) is 11.0 Å². The monoisotopic (exact) mass is 424 g/mol. The molecule has 2 fully saturated rings. The Bertz CT molecular complexity index is 880. The minimum Gasteiger partial charge on any atom is -0.372 e. The highest BCUT2D eigenvalue weighted by molar-refractivity contribution is 9.10. The third kappa shape index (κ3) is 2.41. The standard InChI is InChI=1S/C17H18BrFN4OS/c1-2-25-17-21-15-12(10-6-24-7-11(10)13(18)14(15)19)16(22-17)23-5-8-3-9(23)4-20-8/h8-9,20H,2-7H2,1H3. The van der Waals surface area contributed by atoms with Gasteiger partial charge in [-0.05, 0) is 33.7 Å². The number of hydrogen-bond acceptors (Lipinski definition) is 6. The molecular formula is C17H18BrFN4OS. The van der Waals surface area contributed by atoms with Gasteiger partial charge in [0.25, 0.3) is 0 Å². The van der Waals surface area contributed by atoms with E-state index in [1.165, 1.54) is 0 Å². The van der Waals surface area contributed by atoms with Crippen LogP contribution in [0.1, 0.15) is 24.5 Å². The van der Waals surface area contributed by atoms with Crippen LogP contribution in [0.4, 0.5) is 10.2 Å². The lowest BCUT2D eigenvalue weighted by molar-refractivity contribution is 0.134. The third-order valence-electron chi connectivity index (χ3n) is 5.30. The van der Waals surface area contributed by atoms with Gasteiger partial charge < -0.3 is 15.0 Å². The zero-order chi connectivity index (χ0) is 17.1. The number of rotatable bonds is 3. The Balaban J connectivity index is 1.79. The molecule has 3 aliphatic rings. The van der Waals surface area contributed by atoms with E-state index in [1.807, 2.05) is 0 Å². The summed E-state index contributed by atoms with van der Waals surface area (Å²) in [7, 11) is 0. The molecule has 0 radical (unpaired) electrons. The molecule has 5 rings (SSSR count). The van der Waals surface area contributed by atoms with Crippen LogP contribution in [0.2, 0.25) is 0 Å². The summed E-state index contributed by atoms with van der Waals surface area (Å²) >= 11 is 4.96. The Kier molecular flexibility index (Phi) is 3.92. The van der Waals surface area contributed by atoms with Crippen molar-refractivity contribution in [2.75, 3.05) is 23.7 Å². The van der Waals surface area contributed by atoms with Gasteiger partial charge >= 0.3 is 0 Å². The predicted octanol–water partition coefficient (Wildman–Crippen LogP) is 3.22. The van der Waals surface area contributed by atoms with Crippen molar-refractivity contribution >= 4 is 44.4 Å². The molecule has 5 nitrogen and oxygen atoms in total. The van der Waals surface area contributed by atoms with Crippen molar-refractivity contribution in [2.45, 2.75) is 43.8 Å². The molecule has 1 aromatic carbocycles. The molecular weight excluding hydrogens is 407 g/mol. The Morgan fingerprint density at radius 2 is 2.20 bits per heavy atom. The van der Waals surface area contributed by atoms with E-state index in [-0.39, 0.29) is 5.82 Å². The van der Waals surface area contributed by atoms with E-state index in [4.69, 9.17) is 9.72 Å². The van der Waals surface area contributed by atoms with Crippen LogP contribution in [0.15, 0.2) is 9.63 Å². The summed E-state index contributed by atoms with van der Waals surface area (Å²) < 4.78 is 21.2. The number of thioether (sulfide) groups is 1. The number of fused-ring (bicyclic) bond motifs is 5. The summed E-state index contributed by atoms with van der Waals surface area (Å²) in [6.45, 7) is 4.86. The second kappa shape index (κ2) is 6.04. The number of benzene rings is 1. The summed E-state index contributed by atoms with van der Waals surface area (Å²) in [6.07, 6.45) is 1.12. The number of nitrogens with one attached hydrogen (secondary N) is 1. The average molecular weight is 425 g/mol. The van der Waals surface area contributed by atoms with Crippen molar-refractivity contribution < 1.29 is 9.13 Å². The molecule has 132 valence electrons. The molecule has 2 unspecified atom stereocenters. The van der Waals surface area contributed by atoms with E-state index in [2.05, 4.69) is 38.1 Å². The highest BCUT2D eigenvalue weighted by Crippen LogP contribution is 2.42. The van der Waals surface area contributed by atoms with Gasteiger partial charge in [-0.2, -0.15) is 0 Å². The van der Waals surface area contributed by atoms with Crippen LogP contribution in [0, 0.1) is 5.82 Å². The molecule has 1 aromatic heterocycles. The summed E-state index contributed by atoms with van der Waals surface area (Å²) in [4.78, 5) is 11.7. The quantitative estimate of drug-likeness (QED) is 0.602. The maximum Gasteiger partial charge on any atom is 0.190 e. The topological polar surface area (TPSA) is 50.3 Å². The fourth-order valence-electron chi connectivity index (χ4n) is 4.17. The SMILES string of the molecule is CCSc1nc(N2CC3CC2CN3)c2c3c(c(Br)c(F)c2n1)COC3. The third-order valence-corrected chi connectivity index (χ3v) is 6.85. The molecule has 0 amide bonds. The van der Waals surface area contributed by atoms with Crippen LogP contribution in [0.3, 0.4) is 0 Å². The van der Waals surface area contributed by atoms with Gasteiger partial charge in [0.1, 0.15) is 11.3 Å². The highest BCUT2D eigenvalue weighted by Gasteiger charge is 2.40. The molecule has 8 heteroatoms. The second-order valence-electron chi connectivity index (χ2n) is 6.71. The Morgan fingerprint density at radius 3 is 2.92 bits per heavy atom. The average Bonchev–Trinajstić information content (AvgIpc) is 3.35. The van der Waals surface area contributed by atoms with E-state index in [0.717, 1.165) is 47.6 Å². The van der Waals surface area contributed by atoms with Gasteiger partial charge in [0, 0.05) is 30.7 Å². The largest absolute Gasteiger partial charge is 0.372 e. The summed E-state index contributed by atoms with van der Waals surface area (Å²) in [5.41, 5.74) is 2.34. The first-order valence-corrected chi connectivity index (χ1v) is 10.4. The number of ether oxygens (including phenoxy) is 1. The van der Waals surface area contributed by atoms with Crippen molar-refractivity contribution in [3.63, 3.8) is 0 Å². The lowest BCUT2D eigenvalue weighted by Gasteiger charge is -2.30. The van der Waals surface area contributed by atoms with E-state index in [9.17, 15) is 0 Å². The van der Waals surface area contributed by atoms with Gasteiger partial charge in [-0.15, -0.1) is 0 Å². The second-order valence-corrected chi connectivity index (χ2v) is 8.74. The van der Waals surface area contributed by atoms with Gasteiger partial charge in [0.05, 0.1) is 23.1 Å². The van der Waals surface area contributed by atoms with Crippen LogP contribution >= 0.6 is 27.7 Å². The number of nitrogens with zero attached hydrogens (tertiary/aromatic N) is 3. The minimum absolute atomic E-state index is 0.302. The Hall–Kier alpha value is -0.960. The van der Waals surface area contributed by atoms with Crippen LogP contribution in [0.5, 0.6) is 0 Å². The van der Waals surface area contributed by atoms with Gasteiger partial charge in [-0.25, -0.2) is 14.4 Å². The molecule has 2 atom stereocenters. The van der Waals surface area contributed by atoms with Gasteiger partial charge in [-0.3, -0.25) is 0 Å². The fraction of sp³-hybridized carbons (Fsp3) is 0.529. The van der Waals surface area contributed by atoms with E-state index in [1.54, 1.807) is 11.8 Å². The molecule has 0 spiro atoms. The van der Waals surface area contributed by atoms with Crippen molar-refractivity contribution in [2.24, 2.45) is 0 Å². The molecule has 2 saturated heterocycles. The van der Waals surface area contributed by atoms with E-state index < -0.39 is 0 Å². The first-order valence-electron chi connectivity index (χ1n) is 8.58. The summed E-state index contributed by atoms with van der Waals surface area (Å²) in [5.74, 6) is 1.43. The van der Waals surface area contributed by atoms with Crippen molar-refractivity contribution in [1.29, 1.82) is 0 Å². The first-order chi connectivity index (χ1) is 12.2. The number of halogens is 2. The molecule has 0 saturated carbocycles. The van der Waals surface area contributed by atoms with Crippen LogP contribution in [0.25, 0.3) is 10.9 Å². The van der Waals surface area contributed by atoms with E-state index in [0.29, 0.717) is 40.4 Å². The first kappa shape index (κ1) is 16.2. The molecule has 2 bridgehead atoms. The maximum absolute atomic E-state index is 15.1. The van der Waals surface area contributed by atoms with Crippen molar-refractivity contribution in [3.05, 3.63) is 21.4 Å². The van der Waals surface area contributed by atoms with Crippen molar-refractivity contribution in [3.8, 4) is 0 Å². The molecule has 0 aliphatic carbocycles. The fourth-order valence-corrected chi connectivity index (χ4v) is 5.28. The zero-order valence-electron chi connectivity index (χ0n) is 13.8. The van der Waals surface area contributed by atoms with Crippen LogP contribution in [-0.4, -0.2) is 40.9 Å². The van der Waals surface area contributed by atoms with Gasteiger partial charge in [0.2, 0.25) is 0 Å². The smallest absolute Gasteiger partial charge is 0.190 e. The normalized spacial score (nSPS) is 24.5. The number of anilines is 1. The van der Waals surface area contributed by atoms with E-state index >= 15 is 4.39 Å².